The van der Waals surface area contributed by atoms with E-state index in [1.807, 2.05) is 0 Å². The lowest BCUT2D eigenvalue weighted by Crippen LogP contribution is -1.86. The van der Waals surface area contributed by atoms with Gasteiger partial charge in [0, 0.05) is 0 Å². The van der Waals surface area contributed by atoms with Crippen molar-refractivity contribution in [1.82, 2.24) is 0 Å². The Morgan fingerprint density at radius 3 is 2.46 bits per heavy atom. The van der Waals surface area contributed by atoms with Crippen LogP contribution < -0.4 is 0 Å². The lowest BCUT2D eigenvalue weighted by molar-refractivity contribution is -0.401. The average molecular weight is 202 g/mol. The Kier molecular flexibility index (Phi) is 2.97. The third kappa shape index (κ3) is 2.83. The van der Waals surface area contributed by atoms with E-state index in [9.17, 15) is 14.5 Å². The van der Waals surface area contributed by atoms with Crippen LogP contribution in [0.3, 0.4) is 0 Å². The molecule has 0 atom stereocenters. The number of halogens is 2. The lowest BCUT2D eigenvalue weighted by Gasteiger charge is -1.94. The van der Waals surface area contributed by atoms with E-state index in [1.165, 1.54) is 24.3 Å². The summed E-state index contributed by atoms with van der Waals surface area (Å²) in [7, 11) is 0. The zero-order valence-corrected chi connectivity index (χ0v) is 7.16. The fraction of sp³-hybridized carbons (Fsp3) is 0. The molecule has 0 bridgehead atoms. The van der Waals surface area contributed by atoms with Crippen molar-refractivity contribution in [3.05, 3.63) is 52.0 Å². The summed E-state index contributed by atoms with van der Waals surface area (Å²) in [5, 5.41) is 10.00. The van der Waals surface area contributed by atoms with Crippen LogP contribution in [0, 0.1) is 15.9 Å². The highest BCUT2D eigenvalue weighted by molar-refractivity contribution is 6.48. The van der Waals surface area contributed by atoms with Crippen LogP contribution in [0.25, 0.3) is 5.03 Å². The van der Waals surface area contributed by atoms with Gasteiger partial charge >= 0.3 is 0 Å². The molecular weight excluding hydrogens is 197 g/mol. The summed E-state index contributed by atoms with van der Waals surface area (Å²) in [5.41, 5.74) is 0.416. The first-order valence-corrected chi connectivity index (χ1v) is 3.74. The molecule has 0 radical (unpaired) electrons. The first kappa shape index (κ1) is 9.67. The Bertz CT molecular complexity index is 348. The van der Waals surface area contributed by atoms with Crippen LogP contribution >= 0.6 is 11.6 Å². The summed E-state index contributed by atoms with van der Waals surface area (Å²) in [5.74, 6) is -0.408. The standard InChI is InChI=1S/C8H5ClFNO2/c9-8(5-11(12)13)6-1-3-7(10)4-2-6/h1-5H/b8-5+. The molecule has 0 saturated heterocycles. The van der Waals surface area contributed by atoms with Crippen molar-refractivity contribution in [2.45, 2.75) is 0 Å². The smallest absolute Gasteiger partial charge is 0.253 e. The quantitative estimate of drug-likeness (QED) is 0.545. The van der Waals surface area contributed by atoms with Crippen molar-refractivity contribution >= 4 is 16.6 Å². The summed E-state index contributed by atoms with van der Waals surface area (Å²) in [4.78, 5) is 9.36. The molecule has 0 fully saturated rings. The highest BCUT2D eigenvalue weighted by Crippen LogP contribution is 2.18. The molecule has 0 saturated carbocycles. The summed E-state index contributed by atoms with van der Waals surface area (Å²) in [6.45, 7) is 0. The van der Waals surface area contributed by atoms with Gasteiger partial charge in [-0.05, 0) is 17.7 Å². The number of hydrogen-bond acceptors (Lipinski definition) is 2. The van der Waals surface area contributed by atoms with Crippen molar-refractivity contribution in [3.63, 3.8) is 0 Å². The van der Waals surface area contributed by atoms with Gasteiger partial charge in [-0.3, -0.25) is 10.1 Å². The Balaban J connectivity index is 2.96. The molecule has 5 heteroatoms. The second-order valence-electron chi connectivity index (χ2n) is 2.27. The summed E-state index contributed by atoms with van der Waals surface area (Å²) in [6, 6.07) is 5.12. The number of nitrogens with zero attached hydrogens (tertiary/aromatic N) is 1. The Morgan fingerprint density at radius 1 is 1.46 bits per heavy atom. The molecule has 0 aromatic heterocycles. The van der Waals surface area contributed by atoms with Gasteiger partial charge in [0.2, 0.25) is 0 Å². The monoisotopic (exact) mass is 201 g/mol. The molecule has 0 heterocycles. The number of rotatable bonds is 2. The first-order valence-electron chi connectivity index (χ1n) is 3.36. The average Bonchev–Trinajstić information content (AvgIpc) is 2.04. The van der Waals surface area contributed by atoms with Gasteiger partial charge in [-0.2, -0.15) is 0 Å². The first-order chi connectivity index (χ1) is 6.09. The van der Waals surface area contributed by atoms with Crippen LogP contribution in [0.4, 0.5) is 4.39 Å². The number of nitro groups is 1. The minimum atomic E-state index is -0.661. The van der Waals surface area contributed by atoms with Crippen LogP contribution in [-0.2, 0) is 0 Å². The summed E-state index contributed by atoms with van der Waals surface area (Å²) in [6.07, 6.45) is 0.662. The van der Waals surface area contributed by atoms with E-state index in [0.717, 1.165) is 0 Å². The highest BCUT2D eigenvalue weighted by atomic mass is 35.5. The molecule has 1 rings (SSSR count). The SMILES string of the molecule is O=[N+]([O-])/C=C(/Cl)c1ccc(F)cc1. The minimum Gasteiger partial charge on any atom is -0.259 e. The normalized spacial score (nSPS) is 11.4. The largest absolute Gasteiger partial charge is 0.259 e. The Morgan fingerprint density at radius 2 is 2.00 bits per heavy atom. The van der Waals surface area contributed by atoms with Gasteiger partial charge in [0.05, 0.1) is 4.92 Å². The van der Waals surface area contributed by atoms with E-state index in [2.05, 4.69) is 0 Å². The zero-order valence-electron chi connectivity index (χ0n) is 6.41. The molecular formula is C8H5ClFNO2. The van der Waals surface area contributed by atoms with E-state index >= 15 is 0 Å². The van der Waals surface area contributed by atoms with Crippen molar-refractivity contribution in [2.75, 3.05) is 0 Å². The van der Waals surface area contributed by atoms with Crippen molar-refractivity contribution in [2.24, 2.45) is 0 Å². The molecule has 68 valence electrons. The second-order valence-corrected chi connectivity index (χ2v) is 2.68. The molecule has 0 aliphatic heterocycles. The van der Waals surface area contributed by atoms with Crippen molar-refractivity contribution < 1.29 is 9.31 Å². The molecule has 3 nitrogen and oxygen atoms in total. The summed E-state index contributed by atoms with van der Waals surface area (Å²) < 4.78 is 12.4. The molecule has 0 amide bonds. The van der Waals surface area contributed by atoms with Gasteiger partial charge in [0.15, 0.2) is 0 Å². The maximum atomic E-state index is 12.4. The lowest BCUT2D eigenvalue weighted by atomic mass is 10.2. The van der Waals surface area contributed by atoms with Gasteiger partial charge < -0.3 is 0 Å². The van der Waals surface area contributed by atoms with Gasteiger partial charge in [-0.15, -0.1) is 0 Å². The van der Waals surface area contributed by atoms with E-state index in [0.29, 0.717) is 11.8 Å². The van der Waals surface area contributed by atoms with Crippen LogP contribution in [0.2, 0.25) is 0 Å². The van der Waals surface area contributed by atoms with Gasteiger partial charge in [0.1, 0.15) is 10.8 Å². The highest BCUT2D eigenvalue weighted by Gasteiger charge is 2.02. The van der Waals surface area contributed by atoms with Crippen LogP contribution in [-0.4, -0.2) is 4.92 Å². The predicted molar refractivity (Wildman–Crippen MR) is 47.2 cm³/mol. The van der Waals surface area contributed by atoms with Crippen LogP contribution in [0.1, 0.15) is 5.56 Å². The minimum absolute atomic E-state index is 0.0231. The Labute approximate surface area is 78.6 Å². The van der Waals surface area contributed by atoms with E-state index in [1.54, 1.807) is 0 Å². The molecule has 13 heavy (non-hydrogen) atoms. The molecule has 1 aromatic carbocycles. The maximum absolute atomic E-state index is 12.4. The second kappa shape index (κ2) is 4.00. The topological polar surface area (TPSA) is 43.1 Å². The molecule has 0 unspecified atom stereocenters. The maximum Gasteiger partial charge on any atom is 0.253 e. The third-order valence-corrected chi connectivity index (χ3v) is 1.65. The fourth-order valence-electron chi connectivity index (χ4n) is 0.776. The van der Waals surface area contributed by atoms with Crippen molar-refractivity contribution in [3.8, 4) is 0 Å². The molecule has 1 aromatic rings. The number of benzene rings is 1. The summed E-state index contributed by atoms with van der Waals surface area (Å²) >= 11 is 5.55. The van der Waals surface area contributed by atoms with Crippen LogP contribution in [0.5, 0.6) is 0 Å². The molecule has 0 N–H and O–H groups in total. The fourth-order valence-corrected chi connectivity index (χ4v) is 0.982. The predicted octanol–water partition coefficient (Wildman–Crippen LogP) is 2.64. The Hall–Kier alpha value is -1.42. The van der Waals surface area contributed by atoms with E-state index in [-0.39, 0.29) is 5.03 Å². The third-order valence-electron chi connectivity index (χ3n) is 1.34. The molecule has 0 aliphatic carbocycles. The molecule has 0 spiro atoms. The van der Waals surface area contributed by atoms with Gasteiger partial charge in [-0.1, -0.05) is 23.7 Å². The van der Waals surface area contributed by atoms with Gasteiger partial charge in [0.25, 0.3) is 6.20 Å². The van der Waals surface area contributed by atoms with Gasteiger partial charge in [-0.25, -0.2) is 4.39 Å². The van der Waals surface area contributed by atoms with Crippen LogP contribution in [0.15, 0.2) is 30.5 Å². The van der Waals surface area contributed by atoms with Crippen molar-refractivity contribution in [1.29, 1.82) is 0 Å². The van der Waals surface area contributed by atoms with E-state index in [4.69, 9.17) is 11.6 Å². The number of hydrogen-bond donors (Lipinski definition) is 0. The van der Waals surface area contributed by atoms with E-state index < -0.39 is 10.7 Å². The molecule has 0 aliphatic rings. The zero-order chi connectivity index (χ0) is 9.84.